The number of hydrogen-bond acceptors (Lipinski definition) is 3. The van der Waals surface area contributed by atoms with E-state index in [1.54, 1.807) is 0 Å². The first-order valence-electron chi connectivity index (χ1n) is 3.57. The molecule has 0 saturated carbocycles. The van der Waals surface area contributed by atoms with Crippen molar-refractivity contribution in [2.45, 2.75) is 0 Å². The summed E-state index contributed by atoms with van der Waals surface area (Å²) in [5.41, 5.74) is 1.04. The first-order chi connectivity index (χ1) is 5.95. The van der Waals surface area contributed by atoms with Crippen LogP contribution in [0.15, 0.2) is 17.2 Å². The van der Waals surface area contributed by atoms with Crippen LogP contribution in [0.5, 0.6) is 11.5 Å². The van der Waals surface area contributed by atoms with E-state index in [0.29, 0.717) is 21.3 Å². The maximum atomic E-state index is 5.35. The molecule has 0 amide bonds. The molecule has 60 valence electrons. The number of rotatable bonds is 0. The van der Waals surface area contributed by atoms with Crippen molar-refractivity contribution in [2.24, 2.45) is 0 Å². The quantitative estimate of drug-likeness (QED) is 0.628. The van der Waals surface area contributed by atoms with E-state index in [2.05, 4.69) is 4.98 Å². The molecule has 0 aliphatic carbocycles. The van der Waals surface area contributed by atoms with Gasteiger partial charge < -0.3 is 0 Å². The first-order valence-corrected chi connectivity index (χ1v) is 5.41. The van der Waals surface area contributed by atoms with Gasteiger partial charge in [-0.3, -0.25) is 0 Å². The molecular formula is C8H5NO2Se. The molecular weight excluding hydrogens is 221 g/mol. The van der Waals surface area contributed by atoms with E-state index in [9.17, 15) is 0 Å². The minimum absolute atomic E-state index is 0.328. The summed E-state index contributed by atoms with van der Waals surface area (Å²) in [6, 6.07) is 3.90. The van der Waals surface area contributed by atoms with Gasteiger partial charge in [-0.05, 0) is 0 Å². The second-order valence-corrected chi connectivity index (χ2v) is 4.29. The Hall–Kier alpha value is -0.991. The van der Waals surface area contributed by atoms with Crippen molar-refractivity contribution < 1.29 is 9.47 Å². The Labute approximate surface area is 74.7 Å². The molecule has 1 aromatic heterocycles. The molecule has 1 aliphatic heterocycles. The molecule has 1 aromatic carbocycles. The van der Waals surface area contributed by atoms with E-state index in [1.807, 2.05) is 17.2 Å². The number of nitrogens with zero attached hydrogens (tertiary/aromatic N) is 1. The molecule has 0 N–H and O–H groups in total. The van der Waals surface area contributed by atoms with E-state index in [1.165, 1.54) is 4.26 Å². The van der Waals surface area contributed by atoms with Gasteiger partial charge in [0, 0.05) is 0 Å². The SMILES string of the molecule is c1nc2ccc3c(c2[se]1)OCO3. The summed E-state index contributed by atoms with van der Waals surface area (Å²) in [5.74, 6) is 1.77. The van der Waals surface area contributed by atoms with Crippen LogP contribution in [0.2, 0.25) is 0 Å². The summed E-state index contributed by atoms with van der Waals surface area (Å²) in [6.45, 7) is 0.349. The fourth-order valence-electron chi connectivity index (χ4n) is 1.29. The second-order valence-electron chi connectivity index (χ2n) is 2.50. The van der Waals surface area contributed by atoms with Gasteiger partial charge in [0.15, 0.2) is 0 Å². The van der Waals surface area contributed by atoms with Gasteiger partial charge in [-0.25, -0.2) is 0 Å². The summed E-state index contributed by atoms with van der Waals surface area (Å²) in [5, 5.41) is 1.96. The topological polar surface area (TPSA) is 31.4 Å². The minimum atomic E-state index is 0.328. The van der Waals surface area contributed by atoms with Gasteiger partial charge in [-0.15, -0.1) is 0 Å². The fourth-order valence-corrected chi connectivity index (χ4v) is 2.92. The molecule has 3 nitrogen and oxygen atoms in total. The van der Waals surface area contributed by atoms with Crippen LogP contribution in [-0.4, -0.2) is 26.3 Å². The summed E-state index contributed by atoms with van der Waals surface area (Å²) in [6.07, 6.45) is 0. The van der Waals surface area contributed by atoms with Crippen LogP contribution in [0.4, 0.5) is 0 Å². The van der Waals surface area contributed by atoms with Crippen molar-refractivity contribution in [3.63, 3.8) is 0 Å². The third kappa shape index (κ3) is 0.737. The number of benzene rings is 1. The Morgan fingerprint density at radius 1 is 1.33 bits per heavy atom. The van der Waals surface area contributed by atoms with E-state index in [4.69, 9.17) is 9.47 Å². The molecule has 0 atom stereocenters. The molecule has 0 saturated heterocycles. The molecule has 0 radical (unpaired) electrons. The van der Waals surface area contributed by atoms with Crippen molar-refractivity contribution in [1.29, 1.82) is 0 Å². The average molecular weight is 226 g/mol. The Bertz CT molecular complexity index is 438. The van der Waals surface area contributed by atoms with Crippen LogP contribution >= 0.6 is 0 Å². The third-order valence-corrected chi connectivity index (χ3v) is 3.60. The molecule has 4 heteroatoms. The van der Waals surface area contributed by atoms with Gasteiger partial charge in [0.2, 0.25) is 0 Å². The van der Waals surface area contributed by atoms with Crippen LogP contribution in [0.1, 0.15) is 0 Å². The van der Waals surface area contributed by atoms with Crippen LogP contribution in [0, 0.1) is 0 Å². The molecule has 0 spiro atoms. The van der Waals surface area contributed by atoms with Gasteiger partial charge in [0.05, 0.1) is 0 Å². The molecule has 12 heavy (non-hydrogen) atoms. The van der Waals surface area contributed by atoms with Crippen LogP contribution in [0.25, 0.3) is 9.78 Å². The second kappa shape index (κ2) is 2.25. The van der Waals surface area contributed by atoms with E-state index in [0.717, 1.165) is 17.0 Å². The summed E-state index contributed by atoms with van der Waals surface area (Å²) >= 11 is 0.328. The molecule has 1 aliphatic rings. The van der Waals surface area contributed by atoms with Gasteiger partial charge in [0.25, 0.3) is 0 Å². The summed E-state index contributed by atoms with van der Waals surface area (Å²) in [4.78, 5) is 4.24. The predicted octanol–water partition coefficient (Wildman–Crippen LogP) is 1.02. The number of fused-ring (bicyclic) bond motifs is 3. The first kappa shape index (κ1) is 6.52. The standard InChI is InChI=1S/C8H5NO2Se/c1-2-6-7(11-4-10-6)8-5(1)9-3-12-8/h1-3H,4H2. The predicted molar refractivity (Wildman–Crippen MR) is 44.8 cm³/mol. The van der Waals surface area contributed by atoms with Gasteiger partial charge in [-0.1, -0.05) is 0 Å². The molecule has 2 heterocycles. The van der Waals surface area contributed by atoms with Crippen LogP contribution in [-0.2, 0) is 0 Å². The normalized spacial score (nSPS) is 14.0. The van der Waals surface area contributed by atoms with Gasteiger partial charge in [-0.2, -0.15) is 0 Å². The molecule has 3 rings (SSSR count). The zero-order valence-electron chi connectivity index (χ0n) is 6.11. The number of ether oxygens (including phenoxy) is 2. The Morgan fingerprint density at radius 2 is 2.33 bits per heavy atom. The third-order valence-electron chi connectivity index (χ3n) is 1.84. The van der Waals surface area contributed by atoms with Crippen LogP contribution in [0.3, 0.4) is 0 Å². The van der Waals surface area contributed by atoms with Crippen LogP contribution < -0.4 is 9.47 Å². The van der Waals surface area contributed by atoms with E-state index >= 15 is 0 Å². The number of hydrogen-bond donors (Lipinski definition) is 0. The van der Waals surface area contributed by atoms with E-state index in [-0.39, 0.29) is 0 Å². The van der Waals surface area contributed by atoms with Gasteiger partial charge in [0.1, 0.15) is 0 Å². The summed E-state index contributed by atoms with van der Waals surface area (Å²) in [7, 11) is 0. The Kier molecular flexibility index (Phi) is 1.22. The van der Waals surface area contributed by atoms with E-state index < -0.39 is 0 Å². The molecule has 0 bridgehead atoms. The monoisotopic (exact) mass is 227 g/mol. The van der Waals surface area contributed by atoms with Crippen molar-refractivity contribution >= 4 is 24.3 Å². The van der Waals surface area contributed by atoms with Crippen molar-refractivity contribution in [1.82, 2.24) is 4.98 Å². The molecule has 0 unspecified atom stereocenters. The Balaban J connectivity index is 2.46. The summed E-state index contributed by atoms with van der Waals surface area (Å²) < 4.78 is 11.8. The van der Waals surface area contributed by atoms with Crippen molar-refractivity contribution in [3.8, 4) is 11.5 Å². The fraction of sp³-hybridized carbons (Fsp3) is 0.125. The zero-order chi connectivity index (χ0) is 7.97. The maximum absolute atomic E-state index is 5.35. The zero-order valence-corrected chi connectivity index (χ0v) is 7.82. The number of aromatic nitrogens is 1. The average Bonchev–Trinajstić information content (AvgIpc) is 2.71. The van der Waals surface area contributed by atoms with Crippen molar-refractivity contribution in [2.75, 3.05) is 6.79 Å². The molecule has 2 aromatic rings. The Morgan fingerprint density at radius 3 is 3.33 bits per heavy atom. The molecule has 0 fully saturated rings. The van der Waals surface area contributed by atoms with Gasteiger partial charge >= 0.3 is 74.2 Å². The van der Waals surface area contributed by atoms with Crippen molar-refractivity contribution in [3.05, 3.63) is 17.2 Å².